The number of thiazole rings is 1. The summed E-state index contributed by atoms with van der Waals surface area (Å²) in [6.45, 7) is 2.54. The summed E-state index contributed by atoms with van der Waals surface area (Å²) in [5, 5.41) is 6.20. The van der Waals surface area contributed by atoms with E-state index in [0.717, 1.165) is 28.2 Å². The highest BCUT2D eigenvalue weighted by Crippen LogP contribution is 2.21. The molecular weight excluding hydrogens is 342 g/mol. The average molecular weight is 358 g/mol. The van der Waals surface area contributed by atoms with Crippen molar-refractivity contribution in [3.63, 3.8) is 0 Å². The Bertz CT molecular complexity index is 845. The van der Waals surface area contributed by atoms with E-state index in [9.17, 15) is 4.79 Å². The summed E-state index contributed by atoms with van der Waals surface area (Å²) in [5.74, 6) is -0.206. The zero-order chi connectivity index (χ0) is 16.9. The van der Waals surface area contributed by atoms with E-state index in [1.54, 1.807) is 29.7 Å². The van der Waals surface area contributed by atoms with Gasteiger partial charge in [-0.3, -0.25) is 4.79 Å². The van der Waals surface area contributed by atoms with E-state index in [1.165, 1.54) is 0 Å². The van der Waals surface area contributed by atoms with Crippen LogP contribution in [-0.2, 0) is 6.42 Å². The first-order valence-corrected chi connectivity index (χ1v) is 8.79. The minimum absolute atomic E-state index is 0.206. The van der Waals surface area contributed by atoms with Gasteiger partial charge >= 0.3 is 0 Å². The molecule has 0 aliphatic rings. The maximum Gasteiger partial charge on any atom is 0.254 e. The Morgan fingerprint density at radius 3 is 2.71 bits per heavy atom. The molecule has 122 valence electrons. The van der Waals surface area contributed by atoms with Gasteiger partial charge in [0.05, 0.1) is 16.3 Å². The largest absolute Gasteiger partial charge is 0.352 e. The summed E-state index contributed by atoms with van der Waals surface area (Å²) in [5.41, 5.74) is 3.66. The molecule has 0 fully saturated rings. The van der Waals surface area contributed by atoms with Crippen LogP contribution in [0.25, 0.3) is 11.3 Å². The van der Waals surface area contributed by atoms with Gasteiger partial charge in [0.25, 0.3) is 5.91 Å². The van der Waals surface area contributed by atoms with Crippen LogP contribution >= 0.6 is 22.9 Å². The van der Waals surface area contributed by atoms with E-state index in [4.69, 9.17) is 11.6 Å². The molecule has 0 unspecified atom stereocenters. The van der Waals surface area contributed by atoms with Crippen LogP contribution in [0.2, 0.25) is 5.15 Å². The predicted octanol–water partition coefficient (Wildman–Crippen LogP) is 4.14. The molecule has 1 N–H and O–H groups in total. The van der Waals surface area contributed by atoms with Crippen LogP contribution in [-0.4, -0.2) is 22.4 Å². The van der Waals surface area contributed by atoms with Gasteiger partial charge in [-0.1, -0.05) is 35.9 Å². The summed E-state index contributed by atoms with van der Waals surface area (Å²) in [6.07, 6.45) is 2.31. The van der Waals surface area contributed by atoms with Crippen LogP contribution in [0.4, 0.5) is 0 Å². The van der Waals surface area contributed by atoms with Gasteiger partial charge in [0.1, 0.15) is 5.15 Å². The van der Waals surface area contributed by atoms with Gasteiger partial charge in [-0.2, -0.15) is 0 Å². The number of carbonyl (C=O) groups is 1. The van der Waals surface area contributed by atoms with Crippen molar-refractivity contribution < 1.29 is 4.79 Å². The fourth-order valence-electron chi connectivity index (χ4n) is 2.31. The Labute approximate surface area is 149 Å². The predicted molar refractivity (Wildman–Crippen MR) is 97.6 cm³/mol. The van der Waals surface area contributed by atoms with E-state index >= 15 is 0 Å². The number of aromatic nitrogens is 2. The number of benzene rings is 1. The zero-order valence-corrected chi connectivity index (χ0v) is 14.7. The normalized spacial score (nSPS) is 10.6. The molecule has 0 saturated carbocycles. The number of rotatable bonds is 5. The molecule has 24 heavy (non-hydrogen) atoms. The van der Waals surface area contributed by atoms with E-state index in [2.05, 4.69) is 44.9 Å². The van der Waals surface area contributed by atoms with Crippen molar-refractivity contribution in [1.29, 1.82) is 0 Å². The maximum absolute atomic E-state index is 12.1. The number of nitrogens with one attached hydrogen (secondary N) is 1. The second-order valence-electron chi connectivity index (χ2n) is 5.30. The lowest BCUT2D eigenvalue weighted by atomic mass is 10.1. The van der Waals surface area contributed by atoms with Crippen LogP contribution < -0.4 is 5.32 Å². The standard InChI is InChI=1S/C18H16ClN3OS/c1-12-22-16(11-24-12)14-6-4-13(5-7-14)8-10-21-18(23)15-3-2-9-20-17(15)19/h2-7,9,11H,8,10H2,1H3,(H,21,23). The second kappa shape index (κ2) is 7.55. The number of pyridine rings is 1. The Morgan fingerprint density at radius 1 is 1.25 bits per heavy atom. The SMILES string of the molecule is Cc1nc(-c2ccc(CCNC(=O)c3cccnc3Cl)cc2)cs1. The van der Waals surface area contributed by atoms with Gasteiger partial charge in [-0.05, 0) is 31.0 Å². The molecule has 2 aromatic heterocycles. The van der Waals surface area contributed by atoms with Crippen molar-refractivity contribution in [2.45, 2.75) is 13.3 Å². The van der Waals surface area contributed by atoms with Crippen LogP contribution in [0.3, 0.4) is 0 Å². The van der Waals surface area contributed by atoms with Crippen LogP contribution in [0.1, 0.15) is 20.9 Å². The minimum Gasteiger partial charge on any atom is -0.352 e. The average Bonchev–Trinajstić information content (AvgIpc) is 3.02. The van der Waals surface area contributed by atoms with Gasteiger partial charge in [0.2, 0.25) is 0 Å². The minimum atomic E-state index is -0.206. The summed E-state index contributed by atoms with van der Waals surface area (Å²) in [4.78, 5) is 20.4. The lowest BCUT2D eigenvalue weighted by Gasteiger charge is -2.07. The number of nitrogens with zero attached hydrogens (tertiary/aromatic N) is 2. The first-order valence-electron chi connectivity index (χ1n) is 7.53. The lowest BCUT2D eigenvalue weighted by Crippen LogP contribution is -2.26. The molecule has 2 heterocycles. The molecule has 0 aliphatic heterocycles. The van der Waals surface area contributed by atoms with Gasteiger partial charge in [-0.25, -0.2) is 9.97 Å². The fraction of sp³-hybridized carbons (Fsp3) is 0.167. The zero-order valence-electron chi connectivity index (χ0n) is 13.1. The third-order valence-corrected chi connectivity index (χ3v) is 4.65. The molecule has 1 aromatic carbocycles. The maximum atomic E-state index is 12.1. The molecule has 0 radical (unpaired) electrons. The van der Waals surface area contributed by atoms with Crippen molar-refractivity contribution in [1.82, 2.24) is 15.3 Å². The van der Waals surface area contributed by atoms with Gasteiger partial charge in [-0.15, -0.1) is 11.3 Å². The number of amides is 1. The molecule has 1 amide bonds. The van der Waals surface area contributed by atoms with E-state index in [1.807, 2.05) is 6.92 Å². The monoisotopic (exact) mass is 357 g/mol. The molecule has 3 rings (SSSR count). The van der Waals surface area contributed by atoms with Crippen molar-refractivity contribution in [3.8, 4) is 11.3 Å². The highest BCUT2D eigenvalue weighted by atomic mass is 35.5. The number of halogens is 1. The Hall–Kier alpha value is -2.24. The quantitative estimate of drug-likeness (QED) is 0.698. The van der Waals surface area contributed by atoms with Crippen molar-refractivity contribution in [2.24, 2.45) is 0 Å². The summed E-state index contributed by atoms with van der Waals surface area (Å²) in [7, 11) is 0. The Morgan fingerprint density at radius 2 is 2.04 bits per heavy atom. The molecule has 0 saturated heterocycles. The van der Waals surface area contributed by atoms with Gasteiger partial charge < -0.3 is 5.32 Å². The third-order valence-electron chi connectivity index (χ3n) is 3.57. The molecule has 0 bridgehead atoms. The fourth-order valence-corrected chi connectivity index (χ4v) is 3.14. The number of hydrogen-bond donors (Lipinski definition) is 1. The van der Waals surface area contributed by atoms with Gasteiger partial charge in [0, 0.05) is 23.7 Å². The highest BCUT2D eigenvalue weighted by Gasteiger charge is 2.09. The highest BCUT2D eigenvalue weighted by molar-refractivity contribution is 7.09. The number of hydrogen-bond acceptors (Lipinski definition) is 4. The molecule has 4 nitrogen and oxygen atoms in total. The van der Waals surface area contributed by atoms with Gasteiger partial charge in [0.15, 0.2) is 0 Å². The summed E-state index contributed by atoms with van der Waals surface area (Å²) < 4.78 is 0. The second-order valence-corrected chi connectivity index (χ2v) is 6.72. The van der Waals surface area contributed by atoms with Crippen LogP contribution in [0.5, 0.6) is 0 Å². The first-order chi connectivity index (χ1) is 11.6. The van der Waals surface area contributed by atoms with Crippen molar-refractivity contribution >= 4 is 28.8 Å². The number of aryl methyl sites for hydroxylation is 1. The summed E-state index contributed by atoms with van der Waals surface area (Å²) in [6, 6.07) is 11.6. The molecule has 3 aromatic rings. The Balaban J connectivity index is 1.55. The van der Waals surface area contributed by atoms with E-state index in [-0.39, 0.29) is 11.1 Å². The van der Waals surface area contributed by atoms with Crippen molar-refractivity contribution in [2.75, 3.05) is 6.54 Å². The lowest BCUT2D eigenvalue weighted by molar-refractivity contribution is 0.0954. The summed E-state index contributed by atoms with van der Waals surface area (Å²) >= 11 is 7.56. The molecule has 6 heteroatoms. The van der Waals surface area contributed by atoms with Crippen LogP contribution in [0, 0.1) is 6.92 Å². The first kappa shape index (κ1) is 16.6. The van der Waals surface area contributed by atoms with Crippen molar-refractivity contribution in [3.05, 3.63) is 69.3 Å². The number of carbonyl (C=O) groups excluding carboxylic acids is 1. The molecular formula is C18H16ClN3OS. The molecule has 0 aliphatic carbocycles. The smallest absolute Gasteiger partial charge is 0.254 e. The molecule has 0 spiro atoms. The van der Waals surface area contributed by atoms with E-state index < -0.39 is 0 Å². The molecule has 0 atom stereocenters. The third kappa shape index (κ3) is 3.99. The van der Waals surface area contributed by atoms with Crippen LogP contribution in [0.15, 0.2) is 48.0 Å². The topological polar surface area (TPSA) is 54.9 Å². The van der Waals surface area contributed by atoms with E-state index in [0.29, 0.717) is 12.1 Å². The Kier molecular flexibility index (Phi) is 5.23.